The first kappa shape index (κ1) is 14.0. The van der Waals surface area contributed by atoms with Gasteiger partial charge in [-0.3, -0.25) is 4.79 Å². The van der Waals surface area contributed by atoms with E-state index in [1.807, 2.05) is 13.8 Å². The maximum absolute atomic E-state index is 12.3. The van der Waals surface area contributed by atoms with Crippen molar-refractivity contribution in [3.05, 3.63) is 51.1 Å². The van der Waals surface area contributed by atoms with Crippen molar-refractivity contribution in [2.75, 3.05) is 0 Å². The highest BCUT2D eigenvalue weighted by molar-refractivity contribution is 7.13. The lowest BCUT2D eigenvalue weighted by atomic mass is 10.0. The van der Waals surface area contributed by atoms with Crippen LogP contribution in [0.25, 0.3) is 10.9 Å². The molecule has 0 atom stereocenters. The zero-order valence-corrected chi connectivity index (χ0v) is 13.3. The quantitative estimate of drug-likeness (QED) is 0.727. The van der Waals surface area contributed by atoms with Gasteiger partial charge in [0.05, 0.1) is 15.6 Å². The van der Waals surface area contributed by atoms with E-state index in [4.69, 9.17) is 0 Å². The minimum Gasteiger partial charge on any atom is -0.359 e. The van der Waals surface area contributed by atoms with Crippen molar-refractivity contribution in [3.8, 4) is 0 Å². The van der Waals surface area contributed by atoms with Crippen LogP contribution in [0, 0.1) is 20.8 Å². The molecule has 2 heterocycles. The van der Waals surface area contributed by atoms with Crippen molar-refractivity contribution >= 4 is 28.0 Å². The Morgan fingerprint density at radius 2 is 2.05 bits per heavy atom. The molecule has 0 radical (unpaired) electrons. The number of fused-ring (bicyclic) bond motifs is 1. The van der Waals surface area contributed by atoms with Crippen molar-refractivity contribution in [2.24, 2.45) is 0 Å². The normalized spacial score (nSPS) is 11.2. The first-order valence-corrected chi connectivity index (χ1v) is 7.90. The summed E-state index contributed by atoms with van der Waals surface area (Å²) in [5.74, 6) is 0.198. The van der Waals surface area contributed by atoms with E-state index in [-0.39, 0.29) is 5.78 Å². The molecule has 1 N–H and O–H groups in total. The highest BCUT2D eigenvalue weighted by Crippen LogP contribution is 2.21. The van der Waals surface area contributed by atoms with E-state index in [9.17, 15) is 4.79 Å². The van der Waals surface area contributed by atoms with Crippen LogP contribution in [0.5, 0.6) is 0 Å². The third-order valence-corrected chi connectivity index (χ3v) is 4.73. The number of benzene rings is 1. The van der Waals surface area contributed by atoms with Gasteiger partial charge in [-0.1, -0.05) is 6.07 Å². The summed E-state index contributed by atoms with van der Waals surface area (Å²) in [6, 6.07) is 8.48. The Balaban J connectivity index is 1.73. The fourth-order valence-corrected chi connectivity index (χ4v) is 3.53. The molecule has 2 aromatic heterocycles. The van der Waals surface area contributed by atoms with Gasteiger partial charge in [0.2, 0.25) is 0 Å². The lowest BCUT2D eigenvalue weighted by molar-refractivity contribution is 0.0986. The Bertz CT molecular complexity index is 813. The van der Waals surface area contributed by atoms with Crippen LogP contribution in [0.2, 0.25) is 0 Å². The zero-order chi connectivity index (χ0) is 15.0. The number of aryl methyl sites for hydroxylation is 4. The van der Waals surface area contributed by atoms with Gasteiger partial charge in [0.1, 0.15) is 0 Å². The van der Waals surface area contributed by atoms with Crippen LogP contribution in [0.1, 0.15) is 38.1 Å². The number of hydrogen-bond acceptors (Lipinski definition) is 3. The summed E-state index contributed by atoms with van der Waals surface area (Å²) in [6.45, 7) is 5.90. The minimum atomic E-state index is 0.198. The molecule has 0 spiro atoms. The topological polar surface area (TPSA) is 45.8 Å². The number of nitrogens with one attached hydrogen (secondary N) is 1. The number of aromatic amines is 1. The lowest BCUT2D eigenvalue weighted by Gasteiger charge is -2.01. The maximum Gasteiger partial charge on any atom is 0.175 e. The van der Waals surface area contributed by atoms with Crippen molar-refractivity contribution in [1.82, 2.24) is 9.97 Å². The first-order valence-electron chi connectivity index (χ1n) is 7.08. The van der Waals surface area contributed by atoms with Gasteiger partial charge in [0.25, 0.3) is 0 Å². The molecule has 21 heavy (non-hydrogen) atoms. The van der Waals surface area contributed by atoms with Crippen molar-refractivity contribution in [2.45, 2.75) is 33.6 Å². The van der Waals surface area contributed by atoms with Crippen LogP contribution in [-0.4, -0.2) is 15.8 Å². The number of hydrogen-bond donors (Lipinski definition) is 1. The van der Waals surface area contributed by atoms with Gasteiger partial charge in [-0.15, -0.1) is 11.3 Å². The van der Waals surface area contributed by atoms with E-state index < -0.39 is 0 Å². The highest BCUT2D eigenvalue weighted by atomic mass is 32.1. The number of carbonyl (C=O) groups is 1. The Morgan fingerprint density at radius 1 is 1.24 bits per heavy atom. The van der Waals surface area contributed by atoms with E-state index >= 15 is 0 Å². The standard InChI is InChI=1S/C17H18N2OS/c1-10-8-14-9-13(4-6-15(14)18-10)5-7-16(20)17-11(2)19-12(3)21-17/h4,6,8-9,18H,5,7H2,1-3H3. The Hall–Kier alpha value is -1.94. The monoisotopic (exact) mass is 298 g/mol. The molecular weight excluding hydrogens is 280 g/mol. The number of nitrogens with zero attached hydrogens (tertiary/aromatic N) is 1. The highest BCUT2D eigenvalue weighted by Gasteiger charge is 2.13. The molecule has 1 aromatic carbocycles. The molecule has 108 valence electrons. The second kappa shape index (κ2) is 5.45. The van der Waals surface area contributed by atoms with E-state index in [0.29, 0.717) is 6.42 Å². The summed E-state index contributed by atoms with van der Waals surface area (Å²) < 4.78 is 0. The molecule has 0 unspecified atom stereocenters. The summed E-state index contributed by atoms with van der Waals surface area (Å²) in [5.41, 5.74) is 4.37. The average molecular weight is 298 g/mol. The van der Waals surface area contributed by atoms with E-state index in [1.165, 1.54) is 22.3 Å². The van der Waals surface area contributed by atoms with Crippen LogP contribution >= 0.6 is 11.3 Å². The van der Waals surface area contributed by atoms with Gasteiger partial charge >= 0.3 is 0 Å². The summed E-state index contributed by atoms with van der Waals surface area (Å²) in [4.78, 5) is 20.7. The lowest BCUT2D eigenvalue weighted by Crippen LogP contribution is -2.00. The smallest absolute Gasteiger partial charge is 0.175 e. The Morgan fingerprint density at radius 3 is 2.76 bits per heavy atom. The Labute approximate surface area is 128 Å². The fraction of sp³-hybridized carbons (Fsp3) is 0.294. The SMILES string of the molecule is Cc1cc2cc(CCC(=O)c3sc(C)nc3C)ccc2[nH]1. The molecule has 0 fully saturated rings. The number of carbonyl (C=O) groups excluding carboxylic acids is 1. The molecule has 0 saturated heterocycles. The van der Waals surface area contributed by atoms with Gasteiger partial charge in [-0.2, -0.15) is 0 Å². The summed E-state index contributed by atoms with van der Waals surface area (Å²) >= 11 is 1.50. The molecule has 3 aromatic rings. The van der Waals surface area contributed by atoms with Gasteiger partial charge in [-0.25, -0.2) is 4.98 Å². The van der Waals surface area contributed by atoms with Gasteiger partial charge < -0.3 is 4.98 Å². The molecule has 3 rings (SSSR count). The van der Waals surface area contributed by atoms with Gasteiger partial charge in [-0.05, 0) is 56.3 Å². The molecule has 4 heteroatoms. The van der Waals surface area contributed by atoms with Gasteiger partial charge in [0.15, 0.2) is 5.78 Å². The molecule has 0 saturated carbocycles. The second-order valence-electron chi connectivity index (χ2n) is 5.44. The third-order valence-electron chi connectivity index (χ3n) is 3.62. The van der Waals surface area contributed by atoms with E-state index in [1.54, 1.807) is 0 Å². The number of aromatic nitrogens is 2. The molecule has 0 amide bonds. The summed E-state index contributed by atoms with van der Waals surface area (Å²) in [5, 5.41) is 2.17. The van der Waals surface area contributed by atoms with Crippen LogP contribution in [0.3, 0.4) is 0 Å². The molecule has 0 aliphatic carbocycles. The number of ketones is 1. The molecule has 0 aliphatic rings. The first-order chi connectivity index (χ1) is 10.0. The molecule has 0 bridgehead atoms. The van der Waals surface area contributed by atoms with Crippen LogP contribution in [0.4, 0.5) is 0 Å². The number of thiazole rings is 1. The van der Waals surface area contributed by atoms with E-state index in [2.05, 4.69) is 41.2 Å². The van der Waals surface area contributed by atoms with Crippen molar-refractivity contribution in [3.63, 3.8) is 0 Å². The average Bonchev–Trinajstić information content (AvgIpc) is 2.96. The summed E-state index contributed by atoms with van der Waals surface area (Å²) in [7, 11) is 0. The number of rotatable bonds is 4. The number of H-pyrrole nitrogens is 1. The van der Waals surface area contributed by atoms with Crippen molar-refractivity contribution < 1.29 is 4.79 Å². The van der Waals surface area contributed by atoms with Gasteiger partial charge in [0, 0.05) is 17.6 Å². The molecular formula is C17H18N2OS. The summed E-state index contributed by atoms with van der Waals surface area (Å²) in [6.07, 6.45) is 1.31. The van der Waals surface area contributed by atoms with Crippen LogP contribution in [-0.2, 0) is 6.42 Å². The molecule has 3 nitrogen and oxygen atoms in total. The number of Topliss-reactive ketones (excluding diaryl/α,β-unsaturated/α-hetero) is 1. The third kappa shape index (κ3) is 2.90. The van der Waals surface area contributed by atoms with E-state index in [0.717, 1.165) is 33.2 Å². The van der Waals surface area contributed by atoms with Crippen molar-refractivity contribution in [1.29, 1.82) is 0 Å². The van der Waals surface area contributed by atoms with Crippen LogP contribution < -0.4 is 0 Å². The Kier molecular flexibility index (Phi) is 3.64. The fourth-order valence-electron chi connectivity index (χ4n) is 2.64. The minimum absolute atomic E-state index is 0.198. The predicted molar refractivity (Wildman–Crippen MR) is 87.3 cm³/mol. The second-order valence-corrected chi connectivity index (χ2v) is 6.65. The predicted octanol–water partition coefficient (Wildman–Crippen LogP) is 4.37. The molecule has 0 aliphatic heterocycles. The van der Waals surface area contributed by atoms with Crippen LogP contribution in [0.15, 0.2) is 24.3 Å². The largest absolute Gasteiger partial charge is 0.359 e. The maximum atomic E-state index is 12.3. The zero-order valence-electron chi connectivity index (χ0n) is 12.5.